The molecular formula is C17H21NO2. The quantitative estimate of drug-likeness (QED) is 0.876. The summed E-state index contributed by atoms with van der Waals surface area (Å²) in [6.07, 6.45) is 2.74. The van der Waals surface area contributed by atoms with E-state index in [9.17, 15) is 5.11 Å². The number of nitrogens with zero attached hydrogens (tertiary/aromatic N) is 1. The first-order valence-corrected chi connectivity index (χ1v) is 7.08. The lowest BCUT2D eigenvalue weighted by Gasteiger charge is -2.15. The van der Waals surface area contributed by atoms with Gasteiger partial charge in [0.25, 0.3) is 0 Å². The molecule has 0 aliphatic heterocycles. The number of aromatic nitrogens is 1. The molecule has 1 aromatic heterocycles. The highest BCUT2D eigenvalue weighted by atomic mass is 16.5. The molecule has 0 fully saturated rings. The number of aryl methyl sites for hydroxylation is 1. The molecular weight excluding hydrogens is 250 g/mol. The van der Waals surface area contributed by atoms with Crippen molar-refractivity contribution in [2.24, 2.45) is 0 Å². The van der Waals surface area contributed by atoms with Gasteiger partial charge in [0.1, 0.15) is 5.75 Å². The van der Waals surface area contributed by atoms with Crippen molar-refractivity contribution >= 4 is 0 Å². The molecule has 0 aliphatic carbocycles. The molecule has 20 heavy (non-hydrogen) atoms. The van der Waals surface area contributed by atoms with Crippen molar-refractivity contribution in [2.45, 2.75) is 32.8 Å². The van der Waals surface area contributed by atoms with Crippen LogP contribution in [0.2, 0.25) is 0 Å². The summed E-state index contributed by atoms with van der Waals surface area (Å²) in [5.41, 5.74) is 2.91. The van der Waals surface area contributed by atoms with Crippen molar-refractivity contribution in [3.05, 3.63) is 59.4 Å². The first-order chi connectivity index (χ1) is 9.74. The maximum atomic E-state index is 10.4. The Kier molecular flexibility index (Phi) is 5.13. The van der Waals surface area contributed by atoms with Gasteiger partial charge >= 0.3 is 0 Å². The van der Waals surface area contributed by atoms with Crippen molar-refractivity contribution in [1.29, 1.82) is 0 Å². The van der Waals surface area contributed by atoms with E-state index in [-0.39, 0.29) is 0 Å². The number of aliphatic hydroxyl groups is 1. The topological polar surface area (TPSA) is 42.4 Å². The third-order valence-electron chi connectivity index (χ3n) is 3.27. The lowest BCUT2D eigenvalue weighted by molar-refractivity contribution is 0.171. The highest BCUT2D eigenvalue weighted by Crippen LogP contribution is 2.27. The maximum Gasteiger partial charge on any atom is 0.125 e. The van der Waals surface area contributed by atoms with Crippen LogP contribution in [0.25, 0.3) is 0 Å². The smallest absolute Gasteiger partial charge is 0.125 e. The van der Waals surface area contributed by atoms with Crippen LogP contribution in [0.4, 0.5) is 0 Å². The van der Waals surface area contributed by atoms with Crippen molar-refractivity contribution < 1.29 is 9.84 Å². The van der Waals surface area contributed by atoms with Gasteiger partial charge in [-0.1, -0.05) is 31.2 Å². The summed E-state index contributed by atoms with van der Waals surface area (Å²) >= 11 is 0. The Hall–Kier alpha value is -1.87. The zero-order valence-electron chi connectivity index (χ0n) is 12.0. The molecule has 2 aromatic rings. The molecule has 1 unspecified atom stereocenters. The van der Waals surface area contributed by atoms with Crippen molar-refractivity contribution in [3.8, 4) is 5.75 Å². The first kappa shape index (κ1) is 14.5. The largest absolute Gasteiger partial charge is 0.493 e. The SMILES string of the molecule is CCOc1ccccc1C(O)Cc1ccc(CC)cn1. The van der Waals surface area contributed by atoms with Crippen molar-refractivity contribution in [2.75, 3.05) is 6.61 Å². The highest BCUT2D eigenvalue weighted by Gasteiger charge is 2.14. The number of hydrogen-bond donors (Lipinski definition) is 1. The molecule has 1 atom stereocenters. The lowest BCUT2D eigenvalue weighted by atomic mass is 10.0. The van der Waals surface area contributed by atoms with Gasteiger partial charge in [-0.15, -0.1) is 0 Å². The highest BCUT2D eigenvalue weighted by molar-refractivity contribution is 5.35. The zero-order chi connectivity index (χ0) is 14.4. The maximum absolute atomic E-state index is 10.4. The third-order valence-corrected chi connectivity index (χ3v) is 3.27. The minimum Gasteiger partial charge on any atom is -0.493 e. The predicted molar refractivity (Wildman–Crippen MR) is 79.9 cm³/mol. The van der Waals surface area contributed by atoms with Gasteiger partial charge in [-0.25, -0.2) is 0 Å². The molecule has 0 spiro atoms. The molecule has 1 heterocycles. The van der Waals surface area contributed by atoms with Gasteiger partial charge in [-0.3, -0.25) is 4.98 Å². The van der Waals surface area contributed by atoms with E-state index in [0.29, 0.717) is 13.0 Å². The van der Waals surface area contributed by atoms with Crippen LogP contribution in [0.15, 0.2) is 42.6 Å². The minimum atomic E-state index is -0.599. The van der Waals surface area contributed by atoms with E-state index in [1.165, 1.54) is 5.56 Å². The number of hydrogen-bond acceptors (Lipinski definition) is 3. The Morgan fingerprint density at radius 2 is 1.95 bits per heavy atom. The Labute approximate surface area is 120 Å². The van der Waals surface area contributed by atoms with Crippen LogP contribution in [-0.2, 0) is 12.8 Å². The normalized spacial score (nSPS) is 12.2. The van der Waals surface area contributed by atoms with Crippen LogP contribution in [0.1, 0.15) is 36.8 Å². The van der Waals surface area contributed by atoms with Crippen LogP contribution in [0.5, 0.6) is 5.75 Å². The molecule has 0 aliphatic rings. The van der Waals surface area contributed by atoms with Gasteiger partial charge in [0, 0.05) is 23.9 Å². The van der Waals surface area contributed by atoms with Gasteiger partial charge < -0.3 is 9.84 Å². The monoisotopic (exact) mass is 271 g/mol. The van der Waals surface area contributed by atoms with E-state index in [1.54, 1.807) is 0 Å². The molecule has 0 bridgehead atoms. The molecule has 2 rings (SSSR count). The minimum absolute atomic E-state index is 0.494. The molecule has 3 heteroatoms. The van der Waals surface area contributed by atoms with Gasteiger partial charge in [-0.2, -0.15) is 0 Å². The Balaban J connectivity index is 2.12. The van der Waals surface area contributed by atoms with Gasteiger partial charge in [0.05, 0.1) is 12.7 Å². The van der Waals surface area contributed by atoms with Gasteiger partial charge in [0.15, 0.2) is 0 Å². The molecule has 0 radical (unpaired) electrons. The summed E-state index contributed by atoms with van der Waals surface area (Å²) in [6.45, 7) is 4.63. The Morgan fingerprint density at radius 3 is 2.60 bits per heavy atom. The number of ether oxygens (including phenoxy) is 1. The van der Waals surface area contributed by atoms with Crippen molar-refractivity contribution in [1.82, 2.24) is 4.98 Å². The average Bonchev–Trinajstić information content (AvgIpc) is 2.49. The van der Waals surface area contributed by atoms with Crippen LogP contribution in [-0.4, -0.2) is 16.7 Å². The number of aliphatic hydroxyl groups excluding tert-OH is 1. The van der Waals surface area contributed by atoms with Crippen LogP contribution >= 0.6 is 0 Å². The van der Waals surface area contributed by atoms with Crippen LogP contribution in [0, 0.1) is 0 Å². The molecule has 1 aromatic carbocycles. The number of para-hydroxylation sites is 1. The molecule has 3 nitrogen and oxygen atoms in total. The molecule has 106 valence electrons. The summed E-state index contributed by atoms with van der Waals surface area (Å²) in [6, 6.07) is 11.6. The molecule has 0 saturated heterocycles. The third kappa shape index (κ3) is 3.58. The summed E-state index contributed by atoms with van der Waals surface area (Å²) in [5, 5.41) is 10.4. The van der Waals surface area contributed by atoms with E-state index < -0.39 is 6.10 Å². The Morgan fingerprint density at radius 1 is 1.15 bits per heavy atom. The van der Waals surface area contributed by atoms with Crippen molar-refractivity contribution in [3.63, 3.8) is 0 Å². The fourth-order valence-corrected chi connectivity index (χ4v) is 2.14. The summed E-state index contributed by atoms with van der Waals surface area (Å²) in [7, 11) is 0. The summed E-state index contributed by atoms with van der Waals surface area (Å²) in [4.78, 5) is 4.39. The van der Waals surface area contributed by atoms with Gasteiger partial charge in [-0.05, 0) is 31.0 Å². The standard InChI is InChI=1S/C17H21NO2/c1-3-13-9-10-14(18-12-13)11-16(19)15-7-5-6-8-17(15)20-4-2/h5-10,12,16,19H,3-4,11H2,1-2H3. The molecule has 0 saturated carbocycles. The van der Waals surface area contributed by atoms with E-state index in [4.69, 9.17) is 4.74 Å². The molecule has 1 N–H and O–H groups in total. The fourth-order valence-electron chi connectivity index (χ4n) is 2.14. The first-order valence-electron chi connectivity index (χ1n) is 7.08. The van der Waals surface area contributed by atoms with E-state index in [1.807, 2.05) is 43.5 Å². The number of pyridine rings is 1. The van der Waals surface area contributed by atoms with Crippen LogP contribution < -0.4 is 4.74 Å². The number of rotatable bonds is 6. The predicted octanol–water partition coefficient (Wildman–Crippen LogP) is 3.32. The van der Waals surface area contributed by atoms with E-state index in [2.05, 4.69) is 18.0 Å². The fraction of sp³-hybridized carbons (Fsp3) is 0.353. The summed E-state index contributed by atoms with van der Waals surface area (Å²) < 4.78 is 5.55. The van der Waals surface area contributed by atoms with Gasteiger partial charge in [0.2, 0.25) is 0 Å². The molecule has 0 amide bonds. The second kappa shape index (κ2) is 7.06. The zero-order valence-corrected chi connectivity index (χ0v) is 12.0. The van der Waals surface area contributed by atoms with E-state index >= 15 is 0 Å². The van der Waals surface area contributed by atoms with Crippen LogP contribution in [0.3, 0.4) is 0 Å². The number of benzene rings is 1. The lowest BCUT2D eigenvalue weighted by Crippen LogP contribution is -2.06. The Bertz CT molecular complexity index is 537. The second-order valence-electron chi connectivity index (χ2n) is 4.70. The average molecular weight is 271 g/mol. The van der Waals surface area contributed by atoms with E-state index in [0.717, 1.165) is 23.4 Å². The summed E-state index contributed by atoms with van der Waals surface area (Å²) in [5.74, 6) is 0.743. The second-order valence-corrected chi connectivity index (χ2v) is 4.70.